The number of hydrogen-bond acceptors (Lipinski definition) is 6. The van der Waals surface area contributed by atoms with E-state index in [-0.39, 0.29) is 43.8 Å². The van der Waals surface area contributed by atoms with Crippen LogP contribution in [-0.4, -0.2) is 47.4 Å². The van der Waals surface area contributed by atoms with Gasteiger partial charge in [-0.3, -0.25) is 4.79 Å². The minimum Gasteiger partial charge on any atom is -0.461 e. The number of alkyl halides is 2. The molecule has 1 aromatic heterocycles. The topological polar surface area (TPSA) is 83.3 Å². The average molecular weight is 405 g/mol. The van der Waals surface area contributed by atoms with Crippen molar-refractivity contribution in [3.63, 3.8) is 0 Å². The normalized spacial score (nSPS) is 15.7. The Kier molecular flexibility index (Phi) is 5.70. The van der Waals surface area contributed by atoms with E-state index in [9.17, 15) is 23.6 Å². The van der Waals surface area contributed by atoms with Crippen LogP contribution >= 0.6 is 11.3 Å². The zero-order valence-electron chi connectivity index (χ0n) is 15.1. The SMILES string of the molecule is CCOC(=O)c1csc(-c2cc(C#N)ccc2C(=O)N2CCC(F)(F)CC2)n1. The Morgan fingerprint density at radius 2 is 2.07 bits per heavy atom. The molecular weight excluding hydrogens is 388 g/mol. The van der Waals surface area contributed by atoms with Gasteiger partial charge in [-0.2, -0.15) is 5.26 Å². The van der Waals surface area contributed by atoms with E-state index in [0.717, 1.165) is 11.3 Å². The van der Waals surface area contributed by atoms with Crippen molar-refractivity contribution in [2.75, 3.05) is 19.7 Å². The summed E-state index contributed by atoms with van der Waals surface area (Å²) < 4.78 is 31.7. The molecule has 146 valence electrons. The molecule has 0 saturated carbocycles. The van der Waals surface area contributed by atoms with E-state index in [4.69, 9.17) is 4.74 Å². The number of nitrogens with zero attached hydrogens (tertiary/aromatic N) is 3. The summed E-state index contributed by atoms with van der Waals surface area (Å²) in [7, 11) is 0. The maximum absolute atomic E-state index is 13.4. The van der Waals surface area contributed by atoms with E-state index >= 15 is 0 Å². The van der Waals surface area contributed by atoms with Crippen LogP contribution in [0.25, 0.3) is 10.6 Å². The largest absolute Gasteiger partial charge is 0.461 e. The molecule has 1 aliphatic rings. The fraction of sp³-hybridized carbons (Fsp3) is 0.368. The number of ether oxygens (including phenoxy) is 1. The predicted octanol–water partition coefficient (Wildman–Crippen LogP) is 3.73. The number of amides is 1. The fourth-order valence-electron chi connectivity index (χ4n) is 2.88. The maximum atomic E-state index is 13.4. The first-order valence-corrected chi connectivity index (χ1v) is 9.57. The third-order valence-electron chi connectivity index (χ3n) is 4.38. The number of carbonyl (C=O) groups excluding carboxylic acids is 2. The van der Waals surface area contributed by atoms with Gasteiger partial charge in [-0.05, 0) is 25.1 Å². The summed E-state index contributed by atoms with van der Waals surface area (Å²) in [6.45, 7) is 1.80. The molecule has 28 heavy (non-hydrogen) atoms. The van der Waals surface area contributed by atoms with Gasteiger partial charge in [0.05, 0.1) is 18.2 Å². The summed E-state index contributed by atoms with van der Waals surface area (Å²) in [6, 6.07) is 6.51. The molecule has 3 rings (SSSR count). The van der Waals surface area contributed by atoms with Crippen LogP contribution in [0.3, 0.4) is 0 Å². The summed E-state index contributed by atoms with van der Waals surface area (Å²) in [4.78, 5) is 30.4. The Hall–Kier alpha value is -2.86. The molecule has 1 amide bonds. The summed E-state index contributed by atoms with van der Waals surface area (Å²) in [5.74, 6) is -3.73. The zero-order chi connectivity index (χ0) is 20.3. The van der Waals surface area contributed by atoms with Crippen molar-refractivity contribution < 1.29 is 23.1 Å². The van der Waals surface area contributed by atoms with Crippen molar-refractivity contribution in [3.05, 3.63) is 40.4 Å². The smallest absolute Gasteiger partial charge is 0.357 e. The number of piperidine rings is 1. The Balaban J connectivity index is 1.94. The average Bonchev–Trinajstić information content (AvgIpc) is 3.17. The van der Waals surface area contributed by atoms with Crippen molar-refractivity contribution in [2.24, 2.45) is 0 Å². The number of benzene rings is 1. The van der Waals surface area contributed by atoms with Gasteiger partial charge in [0.1, 0.15) is 5.01 Å². The molecule has 0 unspecified atom stereocenters. The lowest BCUT2D eigenvalue weighted by atomic mass is 10.0. The van der Waals surface area contributed by atoms with Gasteiger partial charge in [-0.15, -0.1) is 11.3 Å². The number of hydrogen-bond donors (Lipinski definition) is 0. The molecule has 0 atom stereocenters. The van der Waals surface area contributed by atoms with E-state index < -0.39 is 17.8 Å². The first-order valence-electron chi connectivity index (χ1n) is 8.69. The number of halogens is 2. The van der Waals surface area contributed by atoms with Crippen molar-refractivity contribution >= 4 is 23.2 Å². The van der Waals surface area contributed by atoms with Crippen LogP contribution in [-0.2, 0) is 4.74 Å². The van der Waals surface area contributed by atoms with Crippen LogP contribution in [0.2, 0.25) is 0 Å². The van der Waals surface area contributed by atoms with Crippen LogP contribution in [0.5, 0.6) is 0 Å². The van der Waals surface area contributed by atoms with E-state index in [2.05, 4.69) is 4.98 Å². The van der Waals surface area contributed by atoms with Gasteiger partial charge in [0.25, 0.3) is 11.8 Å². The standard InChI is InChI=1S/C19H17F2N3O3S/c1-2-27-18(26)15-11-28-16(23-15)14-9-12(10-22)3-4-13(14)17(25)24-7-5-19(20,21)6-8-24/h3-4,9,11H,2,5-8H2,1H3. The molecule has 6 nitrogen and oxygen atoms in total. The number of esters is 1. The minimum absolute atomic E-state index is 0.0444. The highest BCUT2D eigenvalue weighted by Crippen LogP contribution is 2.32. The van der Waals surface area contributed by atoms with Crippen molar-refractivity contribution in [1.29, 1.82) is 5.26 Å². The molecule has 2 aromatic rings. The van der Waals surface area contributed by atoms with Crippen LogP contribution < -0.4 is 0 Å². The van der Waals surface area contributed by atoms with E-state index in [1.54, 1.807) is 6.92 Å². The lowest BCUT2D eigenvalue weighted by molar-refractivity contribution is -0.0494. The second-order valence-corrected chi connectivity index (χ2v) is 7.14. The molecule has 1 aliphatic heterocycles. The first-order chi connectivity index (χ1) is 13.3. The summed E-state index contributed by atoms with van der Waals surface area (Å²) in [6.07, 6.45) is -0.761. The fourth-order valence-corrected chi connectivity index (χ4v) is 3.70. The number of rotatable bonds is 4. The van der Waals surface area contributed by atoms with Crippen molar-refractivity contribution in [1.82, 2.24) is 9.88 Å². The van der Waals surface area contributed by atoms with Crippen molar-refractivity contribution in [2.45, 2.75) is 25.7 Å². The highest BCUT2D eigenvalue weighted by atomic mass is 32.1. The summed E-state index contributed by atoms with van der Waals surface area (Å²) in [5, 5.41) is 11.1. The molecule has 0 N–H and O–H groups in total. The molecule has 0 aliphatic carbocycles. The first kappa shape index (κ1) is 19.9. The number of likely N-dealkylation sites (tertiary alicyclic amines) is 1. The second kappa shape index (κ2) is 8.02. The number of aromatic nitrogens is 1. The summed E-state index contributed by atoms with van der Waals surface area (Å²) >= 11 is 1.14. The molecule has 1 aromatic carbocycles. The molecule has 0 bridgehead atoms. The number of thiazole rings is 1. The second-order valence-electron chi connectivity index (χ2n) is 6.28. The Morgan fingerprint density at radius 1 is 1.36 bits per heavy atom. The van der Waals surface area contributed by atoms with Crippen molar-refractivity contribution in [3.8, 4) is 16.6 Å². The van der Waals surface area contributed by atoms with Crippen LogP contribution in [0.1, 0.15) is 46.2 Å². The van der Waals surface area contributed by atoms with Crippen LogP contribution in [0.4, 0.5) is 8.78 Å². The zero-order valence-corrected chi connectivity index (χ0v) is 15.9. The molecule has 9 heteroatoms. The lowest BCUT2D eigenvalue weighted by Crippen LogP contribution is -2.42. The van der Waals surface area contributed by atoms with Crippen LogP contribution in [0, 0.1) is 11.3 Å². The number of nitriles is 1. The highest BCUT2D eigenvalue weighted by molar-refractivity contribution is 7.13. The monoisotopic (exact) mass is 405 g/mol. The van der Waals surface area contributed by atoms with Gasteiger partial charge in [0.2, 0.25) is 0 Å². The highest BCUT2D eigenvalue weighted by Gasteiger charge is 2.36. The van der Waals surface area contributed by atoms with E-state index in [1.807, 2.05) is 6.07 Å². The Bertz CT molecular complexity index is 942. The number of carbonyl (C=O) groups is 2. The Labute approximate surface area is 164 Å². The molecule has 0 radical (unpaired) electrons. The van der Waals surface area contributed by atoms with E-state index in [0.29, 0.717) is 16.1 Å². The lowest BCUT2D eigenvalue weighted by Gasteiger charge is -2.32. The third-order valence-corrected chi connectivity index (χ3v) is 5.26. The van der Waals surface area contributed by atoms with Gasteiger partial charge in [0, 0.05) is 42.4 Å². The van der Waals surface area contributed by atoms with Gasteiger partial charge in [-0.1, -0.05) is 0 Å². The van der Waals surface area contributed by atoms with Crippen LogP contribution in [0.15, 0.2) is 23.6 Å². The van der Waals surface area contributed by atoms with Gasteiger partial charge in [0.15, 0.2) is 5.69 Å². The Morgan fingerprint density at radius 3 is 2.71 bits per heavy atom. The molecular formula is C19H17F2N3O3S. The quantitative estimate of drug-likeness (QED) is 0.724. The van der Waals surface area contributed by atoms with Gasteiger partial charge < -0.3 is 9.64 Å². The van der Waals surface area contributed by atoms with Gasteiger partial charge >= 0.3 is 5.97 Å². The third kappa shape index (κ3) is 4.17. The minimum atomic E-state index is -2.76. The maximum Gasteiger partial charge on any atom is 0.357 e. The molecule has 0 spiro atoms. The van der Waals surface area contributed by atoms with E-state index in [1.165, 1.54) is 28.5 Å². The molecule has 1 fully saturated rings. The summed E-state index contributed by atoms with van der Waals surface area (Å²) in [5.41, 5.74) is 1.08. The van der Waals surface area contributed by atoms with Gasteiger partial charge in [-0.25, -0.2) is 18.6 Å². The molecule has 2 heterocycles. The molecule has 1 saturated heterocycles. The predicted molar refractivity (Wildman–Crippen MR) is 98.3 cm³/mol.